The first-order chi connectivity index (χ1) is 13.7. The minimum absolute atomic E-state index is 0.419. The summed E-state index contributed by atoms with van der Waals surface area (Å²) >= 11 is 23.1. The normalized spacial score (nSPS) is 27.1. The molecule has 30 heavy (non-hydrogen) atoms. The van der Waals surface area contributed by atoms with Crippen LogP contribution in [0, 0.1) is 0 Å². The van der Waals surface area contributed by atoms with Crippen LogP contribution in [-0.2, 0) is 42.9 Å². The van der Waals surface area contributed by atoms with Gasteiger partial charge in [0.2, 0.25) is 10.1 Å². The second-order valence-corrected chi connectivity index (χ2v) is 8.65. The number of aliphatic imine (C=N–C) groups is 1. The third-order valence-corrected chi connectivity index (χ3v) is 4.66. The van der Waals surface area contributed by atoms with E-state index in [2.05, 4.69) is 4.99 Å². The van der Waals surface area contributed by atoms with Crippen molar-refractivity contribution < 1.29 is 42.9 Å². The Morgan fingerprint density at radius 2 is 1.37 bits per heavy atom. The standard InChI is InChI=1S/C16H19Cl4NO9/c1-6(22)26-5-10-12(27-7(2)23)13(28-8(3)24)11(14(30-10)29-9(4)25)21-15(17)16(18,19)20/h10-14H,5H2,1-4H3/t10-,11-,12-,13-,14-/m1/s1. The minimum Gasteiger partial charge on any atom is -0.463 e. The molecule has 0 radical (unpaired) electrons. The second-order valence-electron chi connectivity index (χ2n) is 6.01. The van der Waals surface area contributed by atoms with Gasteiger partial charge in [-0.2, -0.15) is 0 Å². The van der Waals surface area contributed by atoms with Crippen molar-refractivity contribution in [1.29, 1.82) is 0 Å². The number of carbonyl (C=O) groups is 4. The van der Waals surface area contributed by atoms with Crippen LogP contribution < -0.4 is 0 Å². The number of halogens is 4. The lowest BCUT2D eigenvalue weighted by Crippen LogP contribution is -2.61. The number of hydrogen-bond acceptors (Lipinski definition) is 10. The average Bonchev–Trinajstić information content (AvgIpc) is 2.56. The molecule has 170 valence electrons. The molecule has 0 aromatic carbocycles. The van der Waals surface area contributed by atoms with Gasteiger partial charge >= 0.3 is 23.9 Å². The van der Waals surface area contributed by atoms with Crippen molar-refractivity contribution in [2.75, 3.05) is 6.61 Å². The summed E-state index contributed by atoms with van der Waals surface area (Å²) in [5.74, 6) is -3.01. The van der Waals surface area contributed by atoms with E-state index < -0.39 is 70.1 Å². The van der Waals surface area contributed by atoms with Crippen molar-refractivity contribution in [1.82, 2.24) is 0 Å². The van der Waals surface area contributed by atoms with Crippen molar-refractivity contribution >= 4 is 75.5 Å². The van der Waals surface area contributed by atoms with Crippen LogP contribution in [-0.4, -0.2) is 70.1 Å². The Hall–Kier alpha value is -1.33. The van der Waals surface area contributed by atoms with Crippen LogP contribution in [0.15, 0.2) is 4.99 Å². The summed E-state index contributed by atoms with van der Waals surface area (Å²) in [6.07, 6.45) is -5.43. The fraction of sp³-hybridized carbons (Fsp3) is 0.688. The van der Waals surface area contributed by atoms with Crippen LogP contribution in [0.5, 0.6) is 0 Å². The van der Waals surface area contributed by atoms with Crippen molar-refractivity contribution in [3.63, 3.8) is 0 Å². The zero-order valence-electron chi connectivity index (χ0n) is 16.2. The van der Waals surface area contributed by atoms with E-state index in [9.17, 15) is 19.2 Å². The maximum Gasteiger partial charge on any atom is 0.305 e. The summed E-state index contributed by atoms with van der Waals surface area (Å²) in [4.78, 5) is 50.1. The van der Waals surface area contributed by atoms with E-state index >= 15 is 0 Å². The molecular weight excluding hydrogens is 492 g/mol. The van der Waals surface area contributed by atoms with E-state index in [4.69, 9.17) is 70.1 Å². The van der Waals surface area contributed by atoms with Gasteiger partial charge in [-0.3, -0.25) is 24.2 Å². The molecule has 0 aromatic rings. The van der Waals surface area contributed by atoms with Gasteiger partial charge in [-0.15, -0.1) is 0 Å². The number of ether oxygens (including phenoxy) is 5. The Bertz CT molecular complexity index is 709. The molecule has 0 bridgehead atoms. The van der Waals surface area contributed by atoms with Gasteiger partial charge in [0.05, 0.1) is 0 Å². The summed E-state index contributed by atoms with van der Waals surface area (Å²) in [7, 11) is 0. The number of carbonyl (C=O) groups excluding carboxylic acids is 4. The molecule has 0 saturated carbocycles. The fourth-order valence-corrected chi connectivity index (χ4v) is 2.75. The fourth-order valence-electron chi connectivity index (χ4n) is 2.49. The summed E-state index contributed by atoms with van der Waals surface area (Å²) < 4.78 is 23.9. The van der Waals surface area contributed by atoms with Crippen molar-refractivity contribution in [3.8, 4) is 0 Å². The zero-order valence-corrected chi connectivity index (χ0v) is 19.3. The van der Waals surface area contributed by atoms with Gasteiger partial charge in [-0.25, -0.2) is 0 Å². The number of nitrogens with zero attached hydrogens (tertiary/aromatic N) is 1. The number of rotatable bonds is 6. The maximum atomic E-state index is 11.7. The molecule has 1 rings (SSSR count). The molecule has 0 unspecified atom stereocenters. The lowest BCUT2D eigenvalue weighted by molar-refractivity contribution is -0.266. The van der Waals surface area contributed by atoms with Gasteiger partial charge in [0, 0.05) is 27.7 Å². The highest BCUT2D eigenvalue weighted by atomic mass is 35.6. The molecule has 1 saturated heterocycles. The maximum absolute atomic E-state index is 11.7. The number of esters is 4. The van der Waals surface area contributed by atoms with Crippen molar-refractivity contribution in [2.24, 2.45) is 4.99 Å². The van der Waals surface area contributed by atoms with Crippen LogP contribution in [0.1, 0.15) is 27.7 Å². The van der Waals surface area contributed by atoms with Crippen molar-refractivity contribution in [3.05, 3.63) is 0 Å². The Balaban J connectivity index is 3.49. The Morgan fingerprint density at radius 3 is 1.80 bits per heavy atom. The van der Waals surface area contributed by atoms with Crippen molar-refractivity contribution in [2.45, 2.75) is 62.1 Å². The third-order valence-electron chi connectivity index (χ3n) is 3.45. The van der Waals surface area contributed by atoms with Gasteiger partial charge in [0.1, 0.15) is 12.7 Å². The highest BCUT2D eigenvalue weighted by Gasteiger charge is 2.52. The molecule has 0 aliphatic carbocycles. The van der Waals surface area contributed by atoms with Gasteiger partial charge in [-0.1, -0.05) is 46.4 Å². The number of alkyl halides is 3. The molecule has 1 heterocycles. The molecule has 0 aromatic heterocycles. The largest absolute Gasteiger partial charge is 0.463 e. The van der Waals surface area contributed by atoms with Crippen LogP contribution in [0.3, 0.4) is 0 Å². The van der Waals surface area contributed by atoms with E-state index in [1.165, 1.54) is 0 Å². The predicted octanol–water partition coefficient (Wildman–Crippen LogP) is 2.08. The molecule has 0 N–H and O–H groups in total. The Labute approximate surface area is 192 Å². The molecule has 0 amide bonds. The van der Waals surface area contributed by atoms with E-state index in [-0.39, 0.29) is 0 Å². The molecule has 5 atom stereocenters. The quantitative estimate of drug-likeness (QED) is 0.228. The first-order valence-electron chi connectivity index (χ1n) is 8.33. The van der Waals surface area contributed by atoms with Gasteiger partial charge in [-0.05, 0) is 0 Å². The van der Waals surface area contributed by atoms with Crippen LogP contribution >= 0.6 is 46.4 Å². The number of hydrogen-bond donors (Lipinski definition) is 0. The van der Waals surface area contributed by atoms with E-state index in [1.54, 1.807) is 0 Å². The van der Waals surface area contributed by atoms with E-state index in [0.29, 0.717) is 0 Å². The molecule has 10 nitrogen and oxygen atoms in total. The molecule has 1 aliphatic heterocycles. The van der Waals surface area contributed by atoms with Crippen LogP contribution in [0.2, 0.25) is 0 Å². The van der Waals surface area contributed by atoms with Crippen LogP contribution in [0.4, 0.5) is 0 Å². The first-order valence-corrected chi connectivity index (χ1v) is 9.84. The Kier molecular flexibility index (Phi) is 10.1. The summed E-state index contributed by atoms with van der Waals surface area (Å²) in [6, 6.07) is -1.39. The Morgan fingerprint density at radius 1 is 0.867 bits per heavy atom. The SMILES string of the molecule is CC(=O)OC[C@H]1O[C@@H](OC(C)=O)[C@H](N=C(Cl)C(Cl)(Cl)Cl)[C@@H](OC(C)=O)[C@@H]1OC(C)=O. The van der Waals surface area contributed by atoms with Gasteiger partial charge < -0.3 is 23.7 Å². The lowest BCUT2D eigenvalue weighted by Gasteiger charge is -2.43. The summed E-state index contributed by atoms with van der Waals surface area (Å²) in [5, 5.41) is -0.560. The van der Waals surface area contributed by atoms with E-state index in [1.807, 2.05) is 0 Å². The molecule has 1 fully saturated rings. The van der Waals surface area contributed by atoms with Gasteiger partial charge in [0.25, 0.3) is 0 Å². The third kappa shape index (κ3) is 8.43. The van der Waals surface area contributed by atoms with Crippen LogP contribution in [0.25, 0.3) is 0 Å². The first kappa shape index (κ1) is 26.7. The summed E-state index contributed by atoms with van der Waals surface area (Å²) in [6.45, 7) is 3.99. The lowest BCUT2D eigenvalue weighted by atomic mass is 9.96. The highest BCUT2D eigenvalue weighted by molar-refractivity contribution is 6.89. The molecule has 14 heteroatoms. The highest BCUT2D eigenvalue weighted by Crippen LogP contribution is 2.34. The van der Waals surface area contributed by atoms with Gasteiger partial charge in [0.15, 0.2) is 23.4 Å². The second kappa shape index (κ2) is 11.3. The smallest absolute Gasteiger partial charge is 0.305 e. The summed E-state index contributed by atoms with van der Waals surface area (Å²) in [5.41, 5.74) is 0. The van der Waals surface area contributed by atoms with E-state index in [0.717, 1.165) is 27.7 Å². The zero-order chi connectivity index (χ0) is 23.2. The predicted molar refractivity (Wildman–Crippen MR) is 106 cm³/mol. The topological polar surface area (TPSA) is 127 Å². The molecule has 0 spiro atoms. The average molecular weight is 511 g/mol. The molecule has 1 aliphatic rings. The molecular formula is C16H19Cl4NO9. The minimum atomic E-state index is -2.16. The monoisotopic (exact) mass is 509 g/mol.